The van der Waals surface area contributed by atoms with Gasteiger partial charge in [0.1, 0.15) is 0 Å². The zero-order chi connectivity index (χ0) is 22.3. The highest BCUT2D eigenvalue weighted by atomic mass is 16.5. The van der Waals surface area contributed by atoms with Crippen molar-refractivity contribution in [2.45, 2.75) is 39.2 Å². The summed E-state index contributed by atoms with van der Waals surface area (Å²) in [7, 11) is 4.73. The molecular weight excluding hydrogens is 386 g/mol. The number of amides is 2. The van der Waals surface area contributed by atoms with Crippen LogP contribution >= 0.6 is 0 Å². The molecule has 30 heavy (non-hydrogen) atoms. The van der Waals surface area contributed by atoms with Gasteiger partial charge in [0, 0.05) is 12.0 Å². The topological polar surface area (TPSA) is 81.5 Å². The summed E-state index contributed by atoms with van der Waals surface area (Å²) >= 11 is 0. The summed E-state index contributed by atoms with van der Waals surface area (Å²) in [6.45, 7) is 9.30. The molecule has 1 heterocycles. The third-order valence-corrected chi connectivity index (χ3v) is 5.10. The molecule has 1 aliphatic rings. The van der Waals surface area contributed by atoms with Gasteiger partial charge in [0.2, 0.25) is 11.7 Å². The molecular formula is C22H36N3O5+. The van der Waals surface area contributed by atoms with E-state index in [1.807, 2.05) is 37.8 Å². The summed E-state index contributed by atoms with van der Waals surface area (Å²) in [5.74, 6) is 1.90. The first kappa shape index (κ1) is 23.8. The van der Waals surface area contributed by atoms with Crippen molar-refractivity contribution in [2.75, 3.05) is 54.1 Å². The minimum atomic E-state index is -0.221. The molecule has 0 atom stereocenters. The molecule has 0 saturated carbocycles. The number of nitrogens with zero attached hydrogens (tertiary/aromatic N) is 1. The molecule has 0 unspecified atom stereocenters. The largest absolute Gasteiger partial charge is 0.493 e. The van der Waals surface area contributed by atoms with Crippen LogP contribution < -0.4 is 24.4 Å². The molecule has 2 N–H and O–H groups in total. The van der Waals surface area contributed by atoms with Crippen LogP contribution in [0.1, 0.15) is 32.8 Å². The summed E-state index contributed by atoms with van der Waals surface area (Å²) < 4.78 is 16.1. The van der Waals surface area contributed by atoms with Crippen LogP contribution in [-0.2, 0) is 16.0 Å². The number of aryl methyl sites for hydroxylation is 1. The van der Waals surface area contributed by atoms with Crippen molar-refractivity contribution in [3.63, 3.8) is 0 Å². The maximum absolute atomic E-state index is 12.7. The lowest BCUT2D eigenvalue weighted by Crippen LogP contribution is -3.16. The van der Waals surface area contributed by atoms with Gasteiger partial charge in [-0.3, -0.25) is 9.59 Å². The number of carbonyl (C=O) groups excluding carboxylic acids is 2. The summed E-state index contributed by atoms with van der Waals surface area (Å²) in [5.41, 5.74) is 0.738. The molecule has 1 saturated heterocycles. The zero-order valence-electron chi connectivity index (χ0n) is 19.1. The zero-order valence-corrected chi connectivity index (χ0v) is 19.1. The number of hydrogen-bond donors (Lipinski definition) is 2. The van der Waals surface area contributed by atoms with Gasteiger partial charge in [-0.05, 0) is 44.9 Å². The van der Waals surface area contributed by atoms with Crippen molar-refractivity contribution in [1.29, 1.82) is 0 Å². The average molecular weight is 423 g/mol. The van der Waals surface area contributed by atoms with Gasteiger partial charge in [-0.25, -0.2) is 0 Å². The highest BCUT2D eigenvalue weighted by Crippen LogP contribution is 2.38. The lowest BCUT2D eigenvalue weighted by Gasteiger charge is -2.32. The first-order valence-corrected chi connectivity index (χ1v) is 10.4. The fraction of sp³-hybridized carbons (Fsp3) is 0.636. The van der Waals surface area contributed by atoms with Gasteiger partial charge >= 0.3 is 0 Å². The van der Waals surface area contributed by atoms with Gasteiger partial charge in [0.25, 0.3) is 5.91 Å². The van der Waals surface area contributed by atoms with Gasteiger partial charge in [-0.2, -0.15) is 0 Å². The minimum Gasteiger partial charge on any atom is -0.493 e. The van der Waals surface area contributed by atoms with E-state index in [9.17, 15) is 9.59 Å². The van der Waals surface area contributed by atoms with E-state index >= 15 is 0 Å². The maximum atomic E-state index is 12.7. The molecule has 0 aliphatic carbocycles. The Morgan fingerprint density at radius 3 is 2.07 bits per heavy atom. The summed E-state index contributed by atoms with van der Waals surface area (Å²) in [6.07, 6.45) is 1.01. The van der Waals surface area contributed by atoms with Crippen molar-refractivity contribution >= 4 is 11.8 Å². The smallest absolute Gasteiger partial charge is 0.275 e. The first-order chi connectivity index (χ1) is 14.2. The van der Waals surface area contributed by atoms with E-state index in [-0.39, 0.29) is 17.4 Å². The molecule has 168 valence electrons. The molecule has 8 nitrogen and oxygen atoms in total. The number of rotatable bonds is 8. The summed E-state index contributed by atoms with van der Waals surface area (Å²) in [5, 5.41) is 3.00. The Kier molecular flexibility index (Phi) is 8.34. The lowest BCUT2D eigenvalue weighted by molar-refractivity contribution is -0.896. The molecule has 1 aromatic carbocycles. The first-order valence-electron chi connectivity index (χ1n) is 10.4. The Balaban J connectivity index is 1.85. The van der Waals surface area contributed by atoms with E-state index in [4.69, 9.17) is 14.2 Å². The van der Waals surface area contributed by atoms with Crippen LogP contribution in [0.25, 0.3) is 0 Å². The van der Waals surface area contributed by atoms with Gasteiger partial charge in [0.15, 0.2) is 18.0 Å². The molecule has 2 rings (SSSR count). The van der Waals surface area contributed by atoms with Gasteiger partial charge in [-0.1, -0.05) is 0 Å². The van der Waals surface area contributed by atoms with E-state index in [0.717, 1.165) is 18.7 Å². The second kappa shape index (κ2) is 10.5. The van der Waals surface area contributed by atoms with Crippen LogP contribution in [0.4, 0.5) is 0 Å². The van der Waals surface area contributed by atoms with Gasteiger partial charge in [0.05, 0.1) is 47.5 Å². The van der Waals surface area contributed by atoms with E-state index in [1.165, 1.54) is 4.90 Å². The Labute approximate surface area is 179 Å². The number of piperazine rings is 1. The van der Waals surface area contributed by atoms with E-state index in [2.05, 4.69) is 5.32 Å². The number of benzene rings is 1. The molecule has 1 aromatic rings. The Hall–Kier alpha value is -2.48. The molecule has 0 aromatic heterocycles. The fourth-order valence-corrected chi connectivity index (χ4v) is 3.63. The SMILES string of the molecule is COc1cc(CCC(=O)N2CC[NH+](CC(=O)NC(C)(C)C)CC2)cc(OC)c1OC. The molecule has 0 spiro atoms. The van der Waals surface area contributed by atoms with Crippen LogP contribution in [0, 0.1) is 0 Å². The second-order valence-corrected chi connectivity index (χ2v) is 8.64. The van der Waals surface area contributed by atoms with E-state index in [0.29, 0.717) is 49.7 Å². The lowest BCUT2D eigenvalue weighted by atomic mass is 10.1. The number of methoxy groups -OCH3 is 3. The second-order valence-electron chi connectivity index (χ2n) is 8.64. The monoisotopic (exact) mass is 422 g/mol. The van der Waals surface area contributed by atoms with Crippen molar-refractivity contribution in [1.82, 2.24) is 10.2 Å². The normalized spacial score (nSPS) is 14.9. The molecule has 0 radical (unpaired) electrons. The van der Waals surface area contributed by atoms with Crippen LogP contribution in [0.2, 0.25) is 0 Å². The standard InChI is InChI=1S/C22H35N3O5/c1-22(2,3)23-19(26)15-24-9-11-25(12-10-24)20(27)8-7-16-13-17(28-4)21(30-6)18(14-16)29-5/h13-14H,7-12,15H2,1-6H3,(H,23,26)/p+1. The minimum absolute atomic E-state index is 0.0553. The van der Waals surface area contributed by atoms with Crippen LogP contribution in [0.5, 0.6) is 17.2 Å². The third kappa shape index (κ3) is 6.79. The average Bonchev–Trinajstić information content (AvgIpc) is 2.70. The number of nitrogens with one attached hydrogen (secondary N) is 2. The van der Waals surface area contributed by atoms with E-state index in [1.54, 1.807) is 21.3 Å². The molecule has 1 fully saturated rings. The van der Waals surface area contributed by atoms with Crippen LogP contribution in [-0.4, -0.2) is 76.3 Å². The predicted molar refractivity (Wildman–Crippen MR) is 114 cm³/mol. The van der Waals surface area contributed by atoms with Crippen molar-refractivity contribution < 1.29 is 28.7 Å². The van der Waals surface area contributed by atoms with Gasteiger partial charge in [-0.15, -0.1) is 0 Å². The van der Waals surface area contributed by atoms with Gasteiger partial charge < -0.3 is 29.3 Å². The molecule has 1 aliphatic heterocycles. The number of hydrogen-bond acceptors (Lipinski definition) is 5. The molecule has 8 heteroatoms. The molecule has 2 amide bonds. The predicted octanol–water partition coefficient (Wildman–Crippen LogP) is 0.287. The quantitative estimate of drug-likeness (QED) is 0.629. The number of carbonyl (C=O) groups is 2. The van der Waals surface area contributed by atoms with Crippen molar-refractivity contribution in [3.05, 3.63) is 17.7 Å². The molecule has 0 bridgehead atoms. The number of quaternary nitrogens is 1. The van der Waals surface area contributed by atoms with Crippen molar-refractivity contribution in [2.24, 2.45) is 0 Å². The maximum Gasteiger partial charge on any atom is 0.275 e. The van der Waals surface area contributed by atoms with Crippen LogP contribution in [0.3, 0.4) is 0 Å². The summed E-state index contributed by atoms with van der Waals surface area (Å²) in [4.78, 5) is 27.9. The highest BCUT2D eigenvalue weighted by Gasteiger charge is 2.26. The Morgan fingerprint density at radius 1 is 1.03 bits per heavy atom. The van der Waals surface area contributed by atoms with Crippen molar-refractivity contribution in [3.8, 4) is 17.2 Å². The fourth-order valence-electron chi connectivity index (χ4n) is 3.63. The third-order valence-electron chi connectivity index (χ3n) is 5.10. The highest BCUT2D eigenvalue weighted by molar-refractivity contribution is 5.78. The number of ether oxygens (including phenoxy) is 3. The van der Waals surface area contributed by atoms with Crippen LogP contribution in [0.15, 0.2) is 12.1 Å². The summed E-state index contributed by atoms with van der Waals surface area (Å²) in [6, 6.07) is 3.76. The Bertz CT molecular complexity index is 712. The van der Waals surface area contributed by atoms with E-state index < -0.39 is 0 Å². The Morgan fingerprint density at radius 2 is 1.60 bits per heavy atom.